The summed E-state index contributed by atoms with van der Waals surface area (Å²) in [7, 11) is 1.69. The lowest BCUT2D eigenvalue weighted by Gasteiger charge is -2.15. The second kappa shape index (κ2) is 6.49. The largest absolute Gasteiger partial charge is 0.465 e. The molecule has 7 heteroatoms. The second-order valence-corrected chi connectivity index (χ2v) is 6.85. The average Bonchev–Trinajstić information content (AvgIpc) is 3.16. The van der Waals surface area contributed by atoms with E-state index in [9.17, 15) is 4.79 Å². The van der Waals surface area contributed by atoms with Crippen LogP contribution in [0.5, 0.6) is 0 Å². The fourth-order valence-electron chi connectivity index (χ4n) is 2.93. The van der Waals surface area contributed by atoms with Gasteiger partial charge in [-0.1, -0.05) is 6.07 Å². The van der Waals surface area contributed by atoms with Crippen LogP contribution in [0, 0.1) is 0 Å². The molecule has 2 N–H and O–H groups in total. The predicted octanol–water partition coefficient (Wildman–Crippen LogP) is 3.18. The molecule has 1 saturated carbocycles. The van der Waals surface area contributed by atoms with E-state index in [0.29, 0.717) is 6.61 Å². The first-order valence-electron chi connectivity index (χ1n) is 7.68. The molecule has 1 aromatic heterocycles. The third-order valence-electron chi connectivity index (χ3n) is 4.26. The Balaban J connectivity index is 1.82. The molecule has 2 aromatic rings. The highest BCUT2D eigenvalue weighted by molar-refractivity contribution is 9.10. The minimum Gasteiger partial charge on any atom is -0.465 e. The van der Waals surface area contributed by atoms with Crippen LogP contribution in [-0.2, 0) is 17.7 Å². The molecule has 0 spiro atoms. The van der Waals surface area contributed by atoms with Crippen LogP contribution in [0.1, 0.15) is 24.8 Å². The maximum absolute atomic E-state index is 10.9. The Morgan fingerprint density at radius 3 is 2.96 bits per heavy atom. The average molecular weight is 382 g/mol. The minimum absolute atomic E-state index is 0.280. The van der Waals surface area contributed by atoms with Gasteiger partial charge >= 0.3 is 6.09 Å². The normalized spacial score (nSPS) is 15.7. The summed E-state index contributed by atoms with van der Waals surface area (Å²) in [5.41, 5.74) is 1.92. The maximum atomic E-state index is 10.9. The first-order chi connectivity index (χ1) is 11.0. The van der Waals surface area contributed by atoms with E-state index in [-0.39, 0.29) is 5.54 Å². The Morgan fingerprint density at radius 2 is 2.30 bits per heavy atom. The molecule has 6 nitrogen and oxygen atoms in total. The summed E-state index contributed by atoms with van der Waals surface area (Å²) in [5, 5.41) is 17.2. The van der Waals surface area contributed by atoms with Gasteiger partial charge in [0.1, 0.15) is 4.60 Å². The second-order valence-electron chi connectivity index (χ2n) is 6.10. The van der Waals surface area contributed by atoms with Gasteiger partial charge < -0.3 is 15.2 Å². The minimum atomic E-state index is -0.948. The van der Waals surface area contributed by atoms with Crippen LogP contribution in [-0.4, -0.2) is 40.2 Å². The predicted molar refractivity (Wildman–Crippen MR) is 90.8 cm³/mol. The van der Waals surface area contributed by atoms with Crippen LogP contribution in [0.4, 0.5) is 4.79 Å². The van der Waals surface area contributed by atoms with Crippen LogP contribution in [0.2, 0.25) is 0 Å². The van der Waals surface area contributed by atoms with Gasteiger partial charge in [0.05, 0.1) is 5.52 Å². The number of aromatic nitrogens is 2. The molecule has 23 heavy (non-hydrogen) atoms. The molecule has 1 aromatic carbocycles. The molecule has 124 valence electrons. The fraction of sp³-hybridized carbons (Fsp3) is 0.500. The number of ether oxygens (including phenoxy) is 1. The number of methoxy groups -OCH3 is 1. The van der Waals surface area contributed by atoms with Crippen molar-refractivity contribution in [3.8, 4) is 0 Å². The number of fused-ring (bicyclic) bond motifs is 1. The van der Waals surface area contributed by atoms with Crippen LogP contribution in [0.25, 0.3) is 10.9 Å². The van der Waals surface area contributed by atoms with E-state index in [0.717, 1.165) is 53.3 Å². The van der Waals surface area contributed by atoms with Crippen molar-refractivity contribution in [3.05, 3.63) is 28.4 Å². The summed E-state index contributed by atoms with van der Waals surface area (Å²) in [6, 6.07) is 6.22. The lowest BCUT2D eigenvalue weighted by Crippen LogP contribution is -2.37. The van der Waals surface area contributed by atoms with Crippen LogP contribution < -0.4 is 5.32 Å². The number of amides is 1. The van der Waals surface area contributed by atoms with Crippen molar-refractivity contribution in [1.82, 2.24) is 15.1 Å². The van der Waals surface area contributed by atoms with Gasteiger partial charge in [-0.25, -0.2) is 4.79 Å². The molecular formula is C16H20BrN3O3. The number of hydrogen-bond donors (Lipinski definition) is 2. The molecule has 1 aliphatic carbocycles. The Morgan fingerprint density at radius 1 is 1.52 bits per heavy atom. The molecule has 3 rings (SSSR count). The quantitative estimate of drug-likeness (QED) is 0.722. The first kappa shape index (κ1) is 16.3. The Bertz CT molecular complexity index is 725. The number of halogens is 1. The smallest absolute Gasteiger partial charge is 0.405 e. The van der Waals surface area contributed by atoms with Crippen molar-refractivity contribution in [1.29, 1.82) is 0 Å². The summed E-state index contributed by atoms with van der Waals surface area (Å²) < 4.78 is 7.91. The Kier molecular flexibility index (Phi) is 4.59. The molecule has 0 unspecified atom stereocenters. The van der Waals surface area contributed by atoms with Crippen molar-refractivity contribution in [2.45, 2.75) is 37.8 Å². The standard InChI is InChI=1S/C16H20BrN3O3/c1-23-8-2-7-20-13-9-11(3-4-12(13)14(17)19-20)10-16(5-6-16)18-15(21)22/h3-4,9,18H,2,5-8,10H2,1H3,(H,21,22). The van der Waals surface area contributed by atoms with Gasteiger partial charge in [-0.3, -0.25) is 4.68 Å². The van der Waals surface area contributed by atoms with Crippen molar-refractivity contribution in [2.75, 3.05) is 13.7 Å². The number of carboxylic acid groups (broad SMARTS) is 1. The van der Waals surface area contributed by atoms with Crippen LogP contribution in [0.3, 0.4) is 0 Å². The molecule has 0 aliphatic heterocycles. The molecule has 1 fully saturated rings. The summed E-state index contributed by atoms with van der Waals surface area (Å²) in [5.74, 6) is 0. The first-order valence-corrected chi connectivity index (χ1v) is 8.47. The zero-order valence-electron chi connectivity index (χ0n) is 13.0. The highest BCUT2D eigenvalue weighted by Crippen LogP contribution is 2.39. The fourth-order valence-corrected chi connectivity index (χ4v) is 3.46. The number of nitrogens with one attached hydrogen (secondary N) is 1. The number of carbonyl (C=O) groups is 1. The molecule has 1 aliphatic rings. The van der Waals surface area contributed by atoms with E-state index >= 15 is 0 Å². The maximum Gasteiger partial charge on any atom is 0.405 e. The van der Waals surface area contributed by atoms with Gasteiger partial charge in [0, 0.05) is 31.2 Å². The Hall–Kier alpha value is -1.60. The summed E-state index contributed by atoms with van der Waals surface area (Å²) in [6.45, 7) is 1.49. The van der Waals surface area contributed by atoms with Crippen molar-refractivity contribution in [3.63, 3.8) is 0 Å². The summed E-state index contributed by atoms with van der Waals surface area (Å²) in [4.78, 5) is 10.9. The van der Waals surface area contributed by atoms with Gasteiger partial charge in [0.2, 0.25) is 0 Å². The lowest BCUT2D eigenvalue weighted by atomic mass is 10.0. The molecule has 0 atom stereocenters. The van der Waals surface area contributed by atoms with Gasteiger partial charge in [-0.2, -0.15) is 5.10 Å². The molecule has 0 radical (unpaired) electrons. The van der Waals surface area contributed by atoms with Gasteiger partial charge in [-0.15, -0.1) is 0 Å². The highest BCUT2D eigenvalue weighted by Gasteiger charge is 2.44. The monoisotopic (exact) mass is 381 g/mol. The number of aryl methyl sites for hydroxylation is 1. The number of hydrogen-bond acceptors (Lipinski definition) is 3. The summed E-state index contributed by atoms with van der Waals surface area (Å²) in [6.07, 6.45) is 2.46. The number of benzene rings is 1. The van der Waals surface area contributed by atoms with Crippen molar-refractivity contribution >= 4 is 32.9 Å². The van der Waals surface area contributed by atoms with E-state index < -0.39 is 6.09 Å². The van der Waals surface area contributed by atoms with E-state index in [2.05, 4.69) is 38.5 Å². The number of nitrogens with zero attached hydrogens (tertiary/aromatic N) is 2. The lowest BCUT2D eigenvalue weighted by molar-refractivity contribution is 0.188. The molecule has 0 saturated heterocycles. The van der Waals surface area contributed by atoms with E-state index in [1.54, 1.807) is 7.11 Å². The third kappa shape index (κ3) is 3.67. The number of rotatable bonds is 7. The van der Waals surface area contributed by atoms with Crippen molar-refractivity contribution in [2.24, 2.45) is 0 Å². The summed E-state index contributed by atoms with van der Waals surface area (Å²) >= 11 is 3.50. The molecule has 0 bridgehead atoms. The van der Waals surface area contributed by atoms with Gasteiger partial charge in [0.15, 0.2) is 0 Å². The van der Waals surface area contributed by atoms with Gasteiger partial charge in [0.25, 0.3) is 0 Å². The third-order valence-corrected chi connectivity index (χ3v) is 4.84. The zero-order valence-corrected chi connectivity index (χ0v) is 14.6. The van der Waals surface area contributed by atoms with Crippen LogP contribution >= 0.6 is 15.9 Å². The zero-order chi connectivity index (χ0) is 16.4. The molecular weight excluding hydrogens is 362 g/mol. The van der Waals surface area contributed by atoms with E-state index in [1.807, 2.05) is 10.7 Å². The SMILES string of the molecule is COCCCn1nc(Br)c2ccc(CC3(NC(=O)O)CC3)cc21. The topological polar surface area (TPSA) is 76.4 Å². The highest BCUT2D eigenvalue weighted by atomic mass is 79.9. The van der Waals surface area contributed by atoms with E-state index in [4.69, 9.17) is 9.84 Å². The Labute approximate surface area is 142 Å². The molecule has 1 amide bonds. The van der Waals surface area contributed by atoms with Crippen LogP contribution in [0.15, 0.2) is 22.8 Å². The van der Waals surface area contributed by atoms with E-state index in [1.165, 1.54) is 0 Å². The van der Waals surface area contributed by atoms with Gasteiger partial charge in [-0.05, 0) is 59.3 Å². The van der Waals surface area contributed by atoms with Crippen molar-refractivity contribution < 1.29 is 14.6 Å². The molecule has 1 heterocycles.